The topological polar surface area (TPSA) is 94.6 Å². The molecular formula is C20H18N2O5S2. The summed E-state index contributed by atoms with van der Waals surface area (Å²) < 4.78 is 35.8. The average Bonchev–Trinajstić information content (AvgIpc) is 2.66. The van der Waals surface area contributed by atoms with Crippen LogP contribution in [-0.4, -0.2) is 25.9 Å². The van der Waals surface area contributed by atoms with Crippen LogP contribution in [0.4, 0.5) is 5.69 Å². The van der Waals surface area contributed by atoms with E-state index in [0.29, 0.717) is 17.0 Å². The van der Waals surface area contributed by atoms with Crippen molar-refractivity contribution in [3.8, 4) is 11.5 Å². The van der Waals surface area contributed by atoms with Gasteiger partial charge in [0.1, 0.15) is 16.4 Å². The van der Waals surface area contributed by atoms with Crippen LogP contribution in [0.15, 0.2) is 76.8 Å². The number of carbonyl (C=O) groups excluding carboxylic acids is 1. The maximum atomic E-state index is 12.5. The van der Waals surface area contributed by atoms with Gasteiger partial charge in [0.2, 0.25) is 0 Å². The van der Waals surface area contributed by atoms with Crippen molar-refractivity contribution in [1.29, 1.82) is 0 Å². The first-order chi connectivity index (χ1) is 13.8. The van der Waals surface area contributed by atoms with Crippen molar-refractivity contribution < 1.29 is 22.1 Å². The number of hydrogen-bond acceptors (Lipinski definition) is 7. The summed E-state index contributed by atoms with van der Waals surface area (Å²) in [7, 11) is -4.07. The SMILES string of the molecule is Cc1cc(OCC(=O)Nc2ccncc2)cc(OS(=O)(=O)c2ccccc2S)c1. The highest BCUT2D eigenvalue weighted by Gasteiger charge is 2.20. The maximum absolute atomic E-state index is 12.5. The highest BCUT2D eigenvalue weighted by molar-refractivity contribution is 7.88. The third kappa shape index (κ3) is 5.72. The second-order valence-corrected chi connectivity index (χ2v) is 8.06. The molecule has 1 heterocycles. The molecule has 1 amide bonds. The fourth-order valence-corrected chi connectivity index (χ4v) is 3.97. The van der Waals surface area contributed by atoms with E-state index in [0.717, 1.165) is 0 Å². The summed E-state index contributed by atoms with van der Waals surface area (Å²) in [4.78, 5) is 16.1. The summed E-state index contributed by atoms with van der Waals surface area (Å²) in [6.07, 6.45) is 3.12. The van der Waals surface area contributed by atoms with E-state index in [4.69, 9.17) is 8.92 Å². The Kier molecular flexibility index (Phi) is 6.40. The highest BCUT2D eigenvalue weighted by Crippen LogP contribution is 2.27. The molecule has 3 rings (SSSR count). The molecule has 0 aliphatic heterocycles. The third-order valence-corrected chi connectivity index (χ3v) is 5.55. The summed E-state index contributed by atoms with van der Waals surface area (Å²) in [5, 5.41) is 2.67. The predicted molar refractivity (Wildman–Crippen MR) is 111 cm³/mol. The molecule has 150 valence electrons. The molecular weight excluding hydrogens is 412 g/mol. The number of rotatable bonds is 7. The largest absolute Gasteiger partial charge is 0.484 e. The fraction of sp³-hybridized carbons (Fsp3) is 0.100. The number of ether oxygens (including phenoxy) is 1. The van der Waals surface area contributed by atoms with Gasteiger partial charge in [-0.25, -0.2) is 0 Å². The standard InChI is InChI=1S/C20H18N2O5S2/c1-14-10-16(26-13-20(23)22-15-6-8-21-9-7-15)12-17(11-14)27-29(24,25)19-5-3-2-4-18(19)28/h2-12,28H,13H2,1H3,(H,21,22,23). The van der Waals surface area contributed by atoms with Crippen LogP contribution in [0, 0.1) is 6.92 Å². The number of benzene rings is 2. The van der Waals surface area contributed by atoms with Crippen molar-refractivity contribution in [2.45, 2.75) is 16.7 Å². The van der Waals surface area contributed by atoms with Crippen LogP contribution in [-0.2, 0) is 14.9 Å². The molecule has 0 saturated carbocycles. The molecule has 0 atom stereocenters. The number of nitrogens with zero attached hydrogens (tertiary/aromatic N) is 1. The molecule has 2 aromatic carbocycles. The van der Waals surface area contributed by atoms with Crippen LogP contribution in [0.3, 0.4) is 0 Å². The molecule has 0 saturated heterocycles. The summed E-state index contributed by atoms with van der Waals surface area (Å²) in [5.74, 6) is 0.0159. The van der Waals surface area contributed by atoms with E-state index < -0.39 is 10.1 Å². The van der Waals surface area contributed by atoms with Crippen LogP contribution < -0.4 is 14.2 Å². The average molecular weight is 431 g/mol. The minimum atomic E-state index is -4.07. The molecule has 1 N–H and O–H groups in total. The Balaban J connectivity index is 1.70. The lowest BCUT2D eigenvalue weighted by Crippen LogP contribution is -2.20. The number of hydrogen-bond donors (Lipinski definition) is 2. The first kappa shape index (κ1) is 20.7. The van der Waals surface area contributed by atoms with E-state index in [9.17, 15) is 13.2 Å². The number of nitrogens with one attached hydrogen (secondary N) is 1. The molecule has 9 heteroatoms. The molecule has 7 nitrogen and oxygen atoms in total. The number of pyridine rings is 1. The fourth-order valence-electron chi connectivity index (χ4n) is 2.47. The maximum Gasteiger partial charge on any atom is 0.340 e. The first-order valence-corrected chi connectivity index (χ1v) is 10.4. The molecule has 1 aromatic heterocycles. The zero-order valence-electron chi connectivity index (χ0n) is 15.4. The lowest BCUT2D eigenvalue weighted by molar-refractivity contribution is -0.118. The molecule has 29 heavy (non-hydrogen) atoms. The van der Waals surface area contributed by atoms with Gasteiger partial charge in [-0.2, -0.15) is 8.42 Å². The summed E-state index contributed by atoms with van der Waals surface area (Å²) in [5.41, 5.74) is 1.31. The zero-order valence-corrected chi connectivity index (χ0v) is 17.1. The molecule has 0 aliphatic rings. The second kappa shape index (κ2) is 8.97. The van der Waals surface area contributed by atoms with Crippen LogP contribution in [0.1, 0.15) is 5.56 Å². The summed E-state index contributed by atoms with van der Waals surface area (Å²) >= 11 is 4.16. The van der Waals surface area contributed by atoms with Crippen molar-refractivity contribution in [1.82, 2.24) is 4.98 Å². The van der Waals surface area contributed by atoms with Crippen molar-refractivity contribution in [2.24, 2.45) is 0 Å². The van der Waals surface area contributed by atoms with Crippen molar-refractivity contribution >= 4 is 34.3 Å². The lowest BCUT2D eigenvalue weighted by atomic mass is 10.2. The Hall–Kier alpha value is -3.04. The lowest BCUT2D eigenvalue weighted by Gasteiger charge is -2.12. The number of anilines is 1. The number of aryl methyl sites for hydroxylation is 1. The quantitative estimate of drug-likeness (QED) is 0.440. The number of carbonyl (C=O) groups is 1. The van der Waals surface area contributed by atoms with Gasteiger partial charge in [0.15, 0.2) is 6.61 Å². The molecule has 0 spiro atoms. The smallest absolute Gasteiger partial charge is 0.340 e. The van der Waals surface area contributed by atoms with Crippen molar-refractivity contribution in [3.63, 3.8) is 0 Å². The monoisotopic (exact) mass is 430 g/mol. The molecule has 0 radical (unpaired) electrons. The van der Waals surface area contributed by atoms with Gasteiger partial charge in [-0.3, -0.25) is 9.78 Å². The van der Waals surface area contributed by atoms with E-state index >= 15 is 0 Å². The number of amides is 1. The first-order valence-electron chi connectivity index (χ1n) is 8.50. The zero-order chi connectivity index (χ0) is 20.9. The van der Waals surface area contributed by atoms with E-state index in [1.807, 2.05) is 0 Å². The molecule has 0 aliphatic carbocycles. The predicted octanol–water partition coefficient (Wildman–Crippen LogP) is 3.46. The summed E-state index contributed by atoms with van der Waals surface area (Å²) in [6, 6.07) is 14.2. The minimum Gasteiger partial charge on any atom is -0.484 e. The van der Waals surface area contributed by atoms with Crippen molar-refractivity contribution in [3.05, 3.63) is 72.6 Å². The van der Waals surface area contributed by atoms with E-state index in [1.54, 1.807) is 61.8 Å². The highest BCUT2D eigenvalue weighted by atomic mass is 32.2. The summed E-state index contributed by atoms with van der Waals surface area (Å²) in [6.45, 7) is 1.51. The Morgan fingerprint density at radius 1 is 1.07 bits per heavy atom. The van der Waals surface area contributed by atoms with Gasteiger partial charge in [-0.15, -0.1) is 12.6 Å². The minimum absolute atomic E-state index is 0.0379. The van der Waals surface area contributed by atoms with Gasteiger partial charge < -0.3 is 14.2 Å². The van der Waals surface area contributed by atoms with Gasteiger partial charge in [0, 0.05) is 29.0 Å². The van der Waals surface area contributed by atoms with E-state index in [1.165, 1.54) is 12.1 Å². The van der Waals surface area contributed by atoms with Crippen molar-refractivity contribution in [2.75, 3.05) is 11.9 Å². The Labute approximate surface area is 174 Å². The van der Waals surface area contributed by atoms with Crippen LogP contribution in [0.25, 0.3) is 0 Å². The van der Waals surface area contributed by atoms with Gasteiger partial charge in [0.25, 0.3) is 5.91 Å². The second-order valence-electron chi connectivity index (χ2n) is 6.06. The van der Waals surface area contributed by atoms with Gasteiger partial charge in [0.05, 0.1) is 0 Å². The number of aromatic nitrogens is 1. The Morgan fingerprint density at radius 2 is 1.76 bits per heavy atom. The molecule has 0 unspecified atom stereocenters. The third-order valence-electron chi connectivity index (χ3n) is 3.70. The van der Waals surface area contributed by atoms with Gasteiger partial charge in [-0.1, -0.05) is 12.1 Å². The molecule has 3 aromatic rings. The van der Waals surface area contributed by atoms with Crippen LogP contribution >= 0.6 is 12.6 Å². The normalized spacial score (nSPS) is 11.0. The van der Waals surface area contributed by atoms with Crippen LogP contribution in [0.5, 0.6) is 11.5 Å². The Bertz CT molecular complexity index is 1120. The van der Waals surface area contributed by atoms with E-state index in [-0.39, 0.29) is 28.1 Å². The number of thiol groups is 1. The molecule has 0 fully saturated rings. The van der Waals surface area contributed by atoms with Crippen LogP contribution in [0.2, 0.25) is 0 Å². The molecule has 0 bridgehead atoms. The van der Waals surface area contributed by atoms with Gasteiger partial charge >= 0.3 is 10.1 Å². The van der Waals surface area contributed by atoms with E-state index in [2.05, 4.69) is 22.9 Å². The Morgan fingerprint density at radius 3 is 2.48 bits per heavy atom. The van der Waals surface area contributed by atoms with Gasteiger partial charge in [-0.05, 0) is 48.9 Å².